The number of nitrogens with zero attached hydrogens (tertiary/aromatic N) is 3. The molecule has 1 aromatic heterocycles. The molecule has 0 fully saturated rings. The smallest absolute Gasteiger partial charge is 0.243 e. The zero-order valence-corrected chi connectivity index (χ0v) is 9.93. The molecule has 5 heteroatoms. The highest BCUT2D eigenvalue weighted by atomic mass is 15.2. The molecule has 1 unspecified atom stereocenters. The van der Waals surface area contributed by atoms with Crippen molar-refractivity contribution in [2.45, 2.75) is 13.3 Å². The minimum atomic E-state index is 0.509. The van der Waals surface area contributed by atoms with E-state index in [1.54, 1.807) is 0 Å². The predicted molar refractivity (Wildman–Crippen MR) is 68.7 cm³/mol. The third kappa shape index (κ3) is 3.10. The average molecular weight is 231 g/mol. The van der Waals surface area contributed by atoms with Crippen LogP contribution >= 0.6 is 0 Å². The molecule has 0 radical (unpaired) electrons. The first-order valence-electron chi connectivity index (χ1n) is 5.83. The number of rotatable bonds is 5. The van der Waals surface area contributed by atoms with Gasteiger partial charge in [-0.2, -0.15) is 0 Å². The maximum atomic E-state index is 5.50. The van der Waals surface area contributed by atoms with Crippen LogP contribution < -0.4 is 11.1 Å². The summed E-state index contributed by atoms with van der Waals surface area (Å²) in [5, 5.41) is 11.3. The lowest BCUT2D eigenvalue weighted by Gasteiger charge is -2.10. The number of fused-ring (bicyclic) bond motifs is 1. The van der Waals surface area contributed by atoms with Gasteiger partial charge in [-0.15, -0.1) is 10.2 Å². The van der Waals surface area contributed by atoms with Crippen molar-refractivity contribution in [1.82, 2.24) is 15.2 Å². The number of hydrogen-bond donors (Lipinski definition) is 2. The van der Waals surface area contributed by atoms with E-state index in [4.69, 9.17) is 5.73 Å². The lowest BCUT2D eigenvalue weighted by molar-refractivity contribution is 0.566. The van der Waals surface area contributed by atoms with Crippen LogP contribution in [0.4, 0.5) is 5.95 Å². The van der Waals surface area contributed by atoms with E-state index in [0.717, 1.165) is 24.0 Å². The second-order valence-corrected chi connectivity index (χ2v) is 4.19. The Morgan fingerprint density at radius 2 is 2.00 bits per heavy atom. The van der Waals surface area contributed by atoms with Crippen LogP contribution in [0, 0.1) is 5.92 Å². The third-order valence-electron chi connectivity index (χ3n) is 2.63. The molecule has 1 heterocycles. The van der Waals surface area contributed by atoms with Crippen LogP contribution in [-0.4, -0.2) is 28.3 Å². The molecular formula is C12H17N5. The molecular weight excluding hydrogens is 214 g/mol. The topological polar surface area (TPSA) is 76.7 Å². The zero-order chi connectivity index (χ0) is 12.1. The number of nitrogens with one attached hydrogen (secondary N) is 1. The molecule has 0 aliphatic rings. The van der Waals surface area contributed by atoms with E-state index >= 15 is 0 Å². The van der Waals surface area contributed by atoms with Gasteiger partial charge in [0.1, 0.15) is 5.52 Å². The quantitative estimate of drug-likeness (QED) is 0.813. The van der Waals surface area contributed by atoms with Crippen molar-refractivity contribution in [2.75, 3.05) is 18.4 Å². The summed E-state index contributed by atoms with van der Waals surface area (Å²) < 4.78 is 0. The van der Waals surface area contributed by atoms with Crippen molar-refractivity contribution < 1.29 is 0 Å². The molecule has 17 heavy (non-hydrogen) atoms. The maximum absolute atomic E-state index is 5.50. The standard InChI is InChI=1S/C12H17N5/c1-9(6-7-13)8-14-12-15-10-4-2-3-5-11(10)16-17-12/h2-5,9H,6-8,13H2,1H3,(H,14,15,17). The van der Waals surface area contributed by atoms with E-state index in [2.05, 4.69) is 27.4 Å². The molecule has 3 N–H and O–H groups in total. The summed E-state index contributed by atoms with van der Waals surface area (Å²) >= 11 is 0. The average Bonchev–Trinajstić information content (AvgIpc) is 2.36. The van der Waals surface area contributed by atoms with Crippen LogP contribution in [0.25, 0.3) is 11.0 Å². The molecule has 0 spiro atoms. The van der Waals surface area contributed by atoms with Crippen molar-refractivity contribution in [3.63, 3.8) is 0 Å². The van der Waals surface area contributed by atoms with Gasteiger partial charge in [-0.25, -0.2) is 4.98 Å². The molecule has 2 rings (SSSR count). The highest BCUT2D eigenvalue weighted by Gasteiger charge is 2.03. The number of hydrogen-bond acceptors (Lipinski definition) is 5. The van der Waals surface area contributed by atoms with Gasteiger partial charge in [0.2, 0.25) is 5.95 Å². The SMILES string of the molecule is CC(CCN)CNc1nnc2ccccc2n1. The molecule has 0 saturated heterocycles. The molecule has 90 valence electrons. The first kappa shape index (κ1) is 11.7. The lowest BCUT2D eigenvalue weighted by atomic mass is 10.1. The Morgan fingerprint density at radius 1 is 1.24 bits per heavy atom. The van der Waals surface area contributed by atoms with Gasteiger partial charge in [0.05, 0.1) is 5.52 Å². The number of nitrogens with two attached hydrogens (primary N) is 1. The van der Waals surface area contributed by atoms with Crippen LogP contribution in [0.3, 0.4) is 0 Å². The monoisotopic (exact) mass is 231 g/mol. The summed E-state index contributed by atoms with van der Waals surface area (Å²) in [4.78, 5) is 4.39. The van der Waals surface area contributed by atoms with E-state index < -0.39 is 0 Å². The van der Waals surface area contributed by atoms with Crippen molar-refractivity contribution in [1.29, 1.82) is 0 Å². The van der Waals surface area contributed by atoms with Crippen molar-refractivity contribution in [3.05, 3.63) is 24.3 Å². The number of para-hydroxylation sites is 1. The molecule has 2 aromatic rings. The van der Waals surface area contributed by atoms with Gasteiger partial charge in [-0.05, 0) is 31.0 Å². The first-order chi connectivity index (χ1) is 8.29. The summed E-state index contributed by atoms with van der Waals surface area (Å²) in [6, 6.07) is 7.70. The highest BCUT2D eigenvalue weighted by molar-refractivity contribution is 5.73. The van der Waals surface area contributed by atoms with E-state index in [1.807, 2.05) is 24.3 Å². The number of benzene rings is 1. The van der Waals surface area contributed by atoms with Gasteiger partial charge in [-0.3, -0.25) is 0 Å². The Balaban J connectivity index is 2.04. The van der Waals surface area contributed by atoms with Gasteiger partial charge in [0.25, 0.3) is 0 Å². The second kappa shape index (κ2) is 5.54. The Bertz CT molecular complexity index is 485. The minimum absolute atomic E-state index is 0.509. The molecule has 0 amide bonds. The number of anilines is 1. The molecule has 0 bridgehead atoms. The van der Waals surface area contributed by atoms with Crippen molar-refractivity contribution in [2.24, 2.45) is 11.7 Å². The third-order valence-corrected chi connectivity index (χ3v) is 2.63. The predicted octanol–water partition coefficient (Wildman–Crippen LogP) is 1.42. The summed E-state index contributed by atoms with van der Waals surface area (Å²) in [5.74, 6) is 1.09. The normalized spacial score (nSPS) is 12.6. The Kier molecular flexibility index (Phi) is 3.82. The fraction of sp³-hybridized carbons (Fsp3) is 0.417. The minimum Gasteiger partial charge on any atom is -0.353 e. The fourth-order valence-electron chi connectivity index (χ4n) is 1.61. The Labute approximate surface area is 100 Å². The molecule has 0 aliphatic heterocycles. The van der Waals surface area contributed by atoms with E-state index in [-0.39, 0.29) is 0 Å². The van der Waals surface area contributed by atoms with E-state index in [9.17, 15) is 0 Å². The van der Waals surface area contributed by atoms with Gasteiger partial charge >= 0.3 is 0 Å². The van der Waals surface area contributed by atoms with Gasteiger partial charge in [0.15, 0.2) is 0 Å². The first-order valence-corrected chi connectivity index (χ1v) is 5.83. The molecule has 0 saturated carbocycles. The van der Waals surface area contributed by atoms with Crippen LogP contribution in [0.2, 0.25) is 0 Å². The van der Waals surface area contributed by atoms with Crippen molar-refractivity contribution >= 4 is 17.0 Å². The maximum Gasteiger partial charge on any atom is 0.243 e. The largest absolute Gasteiger partial charge is 0.353 e. The summed E-state index contributed by atoms with van der Waals surface area (Å²) in [7, 11) is 0. The van der Waals surface area contributed by atoms with Crippen LogP contribution in [-0.2, 0) is 0 Å². The summed E-state index contributed by atoms with van der Waals surface area (Å²) in [6.07, 6.45) is 0.994. The van der Waals surface area contributed by atoms with E-state index in [1.165, 1.54) is 0 Å². The van der Waals surface area contributed by atoms with Crippen LogP contribution in [0.1, 0.15) is 13.3 Å². The number of aromatic nitrogens is 3. The van der Waals surface area contributed by atoms with Crippen LogP contribution in [0.5, 0.6) is 0 Å². The zero-order valence-electron chi connectivity index (χ0n) is 9.93. The molecule has 0 aliphatic carbocycles. The summed E-state index contributed by atoms with van der Waals surface area (Å²) in [5.41, 5.74) is 7.17. The molecule has 1 atom stereocenters. The van der Waals surface area contributed by atoms with Gasteiger partial charge < -0.3 is 11.1 Å². The van der Waals surface area contributed by atoms with Gasteiger partial charge in [-0.1, -0.05) is 19.1 Å². The molecule has 5 nitrogen and oxygen atoms in total. The van der Waals surface area contributed by atoms with Crippen molar-refractivity contribution in [3.8, 4) is 0 Å². The second-order valence-electron chi connectivity index (χ2n) is 4.19. The highest BCUT2D eigenvalue weighted by Crippen LogP contribution is 2.09. The lowest BCUT2D eigenvalue weighted by Crippen LogP contribution is -2.16. The van der Waals surface area contributed by atoms with Crippen LogP contribution in [0.15, 0.2) is 24.3 Å². The van der Waals surface area contributed by atoms with Gasteiger partial charge in [0, 0.05) is 6.54 Å². The van der Waals surface area contributed by atoms with E-state index in [0.29, 0.717) is 18.4 Å². The Hall–Kier alpha value is -1.75. The summed E-state index contributed by atoms with van der Waals surface area (Å²) in [6.45, 7) is 3.67. The molecule has 1 aromatic carbocycles. The fourth-order valence-corrected chi connectivity index (χ4v) is 1.61. The Morgan fingerprint density at radius 3 is 2.76 bits per heavy atom.